The molecule has 0 aliphatic carbocycles. The highest BCUT2D eigenvalue weighted by molar-refractivity contribution is 5.94. The fourth-order valence-corrected chi connectivity index (χ4v) is 4.69. The number of piperidine rings is 1. The molecule has 2 aliphatic rings. The van der Waals surface area contributed by atoms with Crippen molar-refractivity contribution in [3.63, 3.8) is 0 Å². The molecular formula is C22H27N3O3. The molecule has 2 aromatic rings. The van der Waals surface area contributed by atoms with Gasteiger partial charge in [0.05, 0.1) is 19.8 Å². The smallest absolute Gasteiger partial charge is 0.255 e. The van der Waals surface area contributed by atoms with Crippen molar-refractivity contribution < 1.29 is 14.3 Å². The number of fused-ring (bicyclic) bond motifs is 1. The van der Waals surface area contributed by atoms with Gasteiger partial charge in [0.2, 0.25) is 5.88 Å². The van der Waals surface area contributed by atoms with Crippen LogP contribution in [-0.2, 0) is 0 Å². The molecule has 2 saturated heterocycles. The summed E-state index contributed by atoms with van der Waals surface area (Å²) in [6, 6.07) is 12.4. The summed E-state index contributed by atoms with van der Waals surface area (Å²) in [6.45, 7) is 2.58. The zero-order chi connectivity index (χ0) is 19.7. The molecule has 3 heterocycles. The van der Waals surface area contributed by atoms with Gasteiger partial charge in [0, 0.05) is 49.8 Å². The summed E-state index contributed by atoms with van der Waals surface area (Å²) >= 11 is 0. The summed E-state index contributed by atoms with van der Waals surface area (Å²) in [6.07, 6.45) is 2.61. The number of ether oxygens (including phenoxy) is 2. The molecule has 0 saturated carbocycles. The van der Waals surface area contributed by atoms with Crippen LogP contribution in [-0.4, -0.2) is 67.6 Å². The van der Waals surface area contributed by atoms with Gasteiger partial charge in [0.1, 0.15) is 5.75 Å². The second kappa shape index (κ2) is 7.80. The van der Waals surface area contributed by atoms with E-state index in [1.807, 2.05) is 17.0 Å². The summed E-state index contributed by atoms with van der Waals surface area (Å²) < 4.78 is 10.4. The Bertz CT molecular complexity index is 822. The first kappa shape index (κ1) is 18.7. The van der Waals surface area contributed by atoms with E-state index in [1.54, 1.807) is 32.5 Å². The summed E-state index contributed by atoms with van der Waals surface area (Å²) in [5.74, 6) is 2.30. The van der Waals surface area contributed by atoms with Gasteiger partial charge in [-0.25, -0.2) is 4.98 Å². The van der Waals surface area contributed by atoms with E-state index >= 15 is 0 Å². The standard InChI is InChI=1S/C22H27N3O3/c1-24-13-18(15-4-7-17(27-2)8-5-15)19-14-25(11-10-20(19)24)22(26)16-6-9-21(28-3)23-12-16/h4-9,12,18-20H,10-11,13-14H2,1-3H3/t18-,19-,20-/m1/s1. The molecule has 0 spiro atoms. The fraction of sp³-hybridized carbons (Fsp3) is 0.455. The third kappa shape index (κ3) is 3.44. The molecule has 0 N–H and O–H groups in total. The minimum atomic E-state index is 0.0524. The number of pyridine rings is 1. The van der Waals surface area contributed by atoms with E-state index in [9.17, 15) is 4.79 Å². The average Bonchev–Trinajstić information content (AvgIpc) is 3.09. The maximum Gasteiger partial charge on any atom is 0.255 e. The van der Waals surface area contributed by atoms with Crippen molar-refractivity contribution in [1.29, 1.82) is 0 Å². The van der Waals surface area contributed by atoms with Crippen molar-refractivity contribution in [3.8, 4) is 11.6 Å². The molecule has 4 rings (SSSR count). The Balaban J connectivity index is 1.52. The van der Waals surface area contributed by atoms with Crippen LogP contribution in [0.2, 0.25) is 0 Å². The van der Waals surface area contributed by atoms with E-state index in [1.165, 1.54) is 5.56 Å². The first-order valence-corrected chi connectivity index (χ1v) is 9.74. The van der Waals surface area contributed by atoms with Gasteiger partial charge < -0.3 is 19.3 Å². The monoisotopic (exact) mass is 381 g/mol. The number of carbonyl (C=O) groups is 1. The molecular weight excluding hydrogens is 354 g/mol. The molecule has 0 unspecified atom stereocenters. The Hall–Kier alpha value is -2.60. The molecule has 1 aromatic carbocycles. The lowest BCUT2D eigenvalue weighted by Crippen LogP contribution is -2.48. The van der Waals surface area contributed by atoms with Crippen molar-refractivity contribution in [2.75, 3.05) is 40.9 Å². The maximum absolute atomic E-state index is 13.0. The highest BCUT2D eigenvalue weighted by Crippen LogP contribution is 2.41. The number of hydrogen-bond donors (Lipinski definition) is 0. The van der Waals surface area contributed by atoms with Crippen LogP contribution in [0.4, 0.5) is 0 Å². The number of nitrogens with zero attached hydrogens (tertiary/aromatic N) is 3. The number of carbonyl (C=O) groups excluding carboxylic acids is 1. The second-order valence-electron chi connectivity index (χ2n) is 7.68. The van der Waals surface area contributed by atoms with Crippen LogP contribution in [0.1, 0.15) is 28.3 Å². The number of benzene rings is 1. The van der Waals surface area contributed by atoms with Crippen molar-refractivity contribution in [1.82, 2.24) is 14.8 Å². The van der Waals surface area contributed by atoms with Crippen LogP contribution in [0.25, 0.3) is 0 Å². The lowest BCUT2D eigenvalue weighted by Gasteiger charge is -2.38. The van der Waals surface area contributed by atoms with Crippen LogP contribution in [0, 0.1) is 5.92 Å². The minimum absolute atomic E-state index is 0.0524. The zero-order valence-corrected chi connectivity index (χ0v) is 16.7. The number of likely N-dealkylation sites (N-methyl/N-ethyl adjacent to an activating group) is 1. The summed E-state index contributed by atoms with van der Waals surface area (Å²) in [5, 5.41) is 0. The van der Waals surface area contributed by atoms with Crippen LogP contribution in [0.3, 0.4) is 0 Å². The van der Waals surface area contributed by atoms with Crippen molar-refractivity contribution in [3.05, 3.63) is 53.7 Å². The largest absolute Gasteiger partial charge is 0.497 e. The number of hydrogen-bond acceptors (Lipinski definition) is 5. The Morgan fingerprint density at radius 1 is 1.07 bits per heavy atom. The molecule has 3 atom stereocenters. The van der Waals surface area contributed by atoms with Gasteiger partial charge in [-0.2, -0.15) is 0 Å². The number of methoxy groups -OCH3 is 2. The van der Waals surface area contributed by atoms with E-state index in [0.717, 1.165) is 31.8 Å². The number of likely N-dealkylation sites (tertiary alicyclic amines) is 2. The van der Waals surface area contributed by atoms with Crippen molar-refractivity contribution >= 4 is 5.91 Å². The van der Waals surface area contributed by atoms with E-state index in [0.29, 0.717) is 29.3 Å². The first-order valence-electron chi connectivity index (χ1n) is 9.74. The van der Waals surface area contributed by atoms with Crippen LogP contribution >= 0.6 is 0 Å². The fourth-order valence-electron chi connectivity index (χ4n) is 4.69. The summed E-state index contributed by atoms with van der Waals surface area (Å²) in [5.41, 5.74) is 1.94. The first-order chi connectivity index (χ1) is 13.6. The van der Waals surface area contributed by atoms with Crippen LogP contribution in [0.5, 0.6) is 11.6 Å². The quantitative estimate of drug-likeness (QED) is 0.815. The van der Waals surface area contributed by atoms with Crippen LogP contribution in [0.15, 0.2) is 42.6 Å². The average molecular weight is 381 g/mol. The van der Waals surface area contributed by atoms with Crippen molar-refractivity contribution in [2.45, 2.75) is 18.4 Å². The molecule has 1 amide bonds. The number of amides is 1. The van der Waals surface area contributed by atoms with Gasteiger partial charge in [-0.15, -0.1) is 0 Å². The highest BCUT2D eigenvalue weighted by atomic mass is 16.5. The van der Waals surface area contributed by atoms with Gasteiger partial charge in [0.15, 0.2) is 0 Å². The normalized spacial score (nSPS) is 24.7. The van der Waals surface area contributed by atoms with E-state index in [2.05, 4.69) is 29.1 Å². The highest BCUT2D eigenvalue weighted by Gasteiger charge is 2.44. The Labute approximate surface area is 166 Å². The molecule has 0 radical (unpaired) electrons. The molecule has 148 valence electrons. The molecule has 2 fully saturated rings. The van der Waals surface area contributed by atoms with E-state index in [4.69, 9.17) is 9.47 Å². The van der Waals surface area contributed by atoms with E-state index in [-0.39, 0.29) is 5.91 Å². The molecule has 28 heavy (non-hydrogen) atoms. The Morgan fingerprint density at radius 2 is 1.86 bits per heavy atom. The summed E-state index contributed by atoms with van der Waals surface area (Å²) in [4.78, 5) is 21.6. The van der Waals surface area contributed by atoms with Gasteiger partial charge >= 0.3 is 0 Å². The topological polar surface area (TPSA) is 54.9 Å². The van der Waals surface area contributed by atoms with Gasteiger partial charge in [-0.1, -0.05) is 12.1 Å². The lowest BCUT2D eigenvalue weighted by molar-refractivity contribution is 0.0607. The van der Waals surface area contributed by atoms with Gasteiger partial charge in [0.25, 0.3) is 5.91 Å². The van der Waals surface area contributed by atoms with Crippen molar-refractivity contribution in [2.24, 2.45) is 5.92 Å². The third-order valence-electron chi connectivity index (χ3n) is 6.21. The Morgan fingerprint density at radius 3 is 2.50 bits per heavy atom. The number of rotatable bonds is 4. The van der Waals surface area contributed by atoms with Gasteiger partial charge in [-0.05, 0) is 37.2 Å². The summed E-state index contributed by atoms with van der Waals surface area (Å²) in [7, 11) is 5.46. The van der Waals surface area contributed by atoms with Crippen LogP contribution < -0.4 is 9.47 Å². The predicted molar refractivity (Wildman–Crippen MR) is 107 cm³/mol. The molecule has 6 heteroatoms. The molecule has 1 aromatic heterocycles. The predicted octanol–water partition coefficient (Wildman–Crippen LogP) is 2.66. The SMILES string of the molecule is COc1ccc([C@H]2CN(C)[C@@H]3CCN(C(=O)c4ccc(OC)nc4)C[C@H]23)cc1. The molecule has 6 nitrogen and oxygen atoms in total. The third-order valence-corrected chi connectivity index (χ3v) is 6.21. The van der Waals surface area contributed by atoms with E-state index < -0.39 is 0 Å². The second-order valence-corrected chi connectivity index (χ2v) is 7.68. The van der Waals surface area contributed by atoms with Gasteiger partial charge in [-0.3, -0.25) is 4.79 Å². The maximum atomic E-state index is 13.0. The number of aromatic nitrogens is 1. The zero-order valence-electron chi connectivity index (χ0n) is 16.7. The molecule has 2 aliphatic heterocycles. The Kier molecular flexibility index (Phi) is 5.22. The molecule has 0 bridgehead atoms. The lowest BCUT2D eigenvalue weighted by atomic mass is 9.81. The minimum Gasteiger partial charge on any atom is -0.497 e.